The van der Waals surface area contributed by atoms with Gasteiger partial charge in [0.1, 0.15) is 0 Å². The summed E-state index contributed by atoms with van der Waals surface area (Å²) in [7, 11) is 4.62. The first kappa shape index (κ1) is 17.3. The fraction of sp³-hybridized carbons (Fsp3) is 0.167. The average molecular weight is 354 g/mol. The Morgan fingerprint density at radius 3 is 2.42 bits per heavy atom. The van der Waals surface area contributed by atoms with Crippen molar-refractivity contribution in [1.82, 2.24) is 9.97 Å². The Hall–Kier alpha value is -3.55. The Bertz CT molecular complexity index is 988. The van der Waals surface area contributed by atoms with Gasteiger partial charge in [-0.25, -0.2) is 10.4 Å². The molecular formula is C18H18N4O4. The van der Waals surface area contributed by atoms with Crippen LogP contribution in [0.3, 0.4) is 0 Å². The highest BCUT2D eigenvalue weighted by molar-refractivity contribution is 5.83. The zero-order chi connectivity index (χ0) is 18.5. The number of rotatable bonds is 6. The van der Waals surface area contributed by atoms with Gasteiger partial charge in [-0.1, -0.05) is 12.1 Å². The number of nitrogens with zero attached hydrogens (tertiary/aromatic N) is 2. The second-order valence-corrected chi connectivity index (χ2v) is 5.26. The third-order valence-electron chi connectivity index (χ3n) is 3.68. The van der Waals surface area contributed by atoms with Gasteiger partial charge >= 0.3 is 0 Å². The van der Waals surface area contributed by atoms with Gasteiger partial charge in [-0.15, -0.1) is 0 Å². The van der Waals surface area contributed by atoms with E-state index in [-0.39, 0.29) is 11.5 Å². The quantitative estimate of drug-likeness (QED) is 0.521. The number of H-pyrrole nitrogens is 1. The zero-order valence-electron chi connectivity index (χ0n) is 14.6. The highest BCUT2D eigenvalue weighted by Crippen LogP contribution is 2.37. The second-order valence-electron chi connectivity index (χ2n) is 5.26. The first-order valence-corrected chi connectivity index (χ1v) is 7.74. The molecule has 2 aromatic carbocycles. The molecule has 3 rings (SSSR count). The SMILES string of the molecule is COc1cc(/C=N/Nc2nc3ccccc3c(=O)[nH]2)cc(OC)c1OC. The van der Waals surface area contributed by atoms with Crippen LogP contribution >= 0.6 is 0 Å². The summed E-state index contributed by atoms with van der Waals surface area (Å²) in [6.07, 6.45) is 1.56. The lowest BCUT2D eigenvalue weighted by molar-refractivity contribution is 0.324. The maximum Gasteiger partial charge on any atom is 0.260 e. The monoisotopic (exact) mass is 354 g/mol. The van der Waals surface area contributed by atoms with Gasteiger partial charge in [0.15, 0.2) is 11.5 Å². The number of hydrazone groups is 1. The van der Waals surface area contributed by atoms with Crippen molar-refractivity contribution in [3.8, 4) is 17.2 Å². The highest BCUT2D eigenvalue weighted by Gasteiger charge is 2.12. The van der Waals surface area contributed by atoms with E-state index in [1.165, 1.54) is 7.11 Å². The van der Waals surface area contributed by atoms with E-state index in [0.717, 1.165) is 5.56 Å². The van der Waals surface area contributed by atoms with E-state index < -0.39 is 0 Å². The van der Waals surface area contributed by atoms with E-state index in [1.807, 2.05) is 6.07 Å². The summed E-state index contributed by atoms with van der Waals surface area (Å²) in [6.45, 7) is 0. The molecule has 0 saturated heterocycles. The molecule has 0 saturated carbocycles. The van der Waals surface area contributed by atoms with E-state index >= 15 is 0 Å². The Morgan fingerprint density at radius 1 is 1.08 bits per heavy atom. The maximum absolute atomic E-state index is 12.0. The molecule has 3 aromatic rings. The smallest absolute Gasteiger partial charge is 0.260 e. The number of fused-ring (bicyclic) bond motifs is 1. The molecule has 8 nitrogen and oxygen atoms in total. The van der Waals surface area contributed by atoms with Gasteiger partial charge in [-0.3, -0.25) is 9.78 Å². The highest BCUT2D eigenvalue weighted by atomic mass is 16.5. The maximum atomic E-state index is 12.0. The van der Waals surface area contributed by atoms with E-state index in [1.54, 1.807) is 50.8 Å². The molecule has 134 valence electrons. The van der Waals surface area contributed by atoms with Gasteiger partial charge in [-0.05, 0) is 24.3 Å². The van der Waals surface area contributed by atoms with Crippen LogP contribution in [0.5, 0.6) is 17.2 Å². The third-order valence-corrected chi connectivity index (χ3v) is 3.68. The van der Waals surface area contributed by atoms with Crippen molar-refractivity contribution in [2.75, 3.05) is 26.8 Å². The van der Waals surface area contributed by atoms with Gasteiger partial charge in [0.2, 0.25) is 11.7 Å². The Labute approximate surface area is 149 Å². The molecule has 0 aliphatic rings. The van der Waals surface area contributed by atoms with Gasteiger partial charge < -0.3 is 14.2 Å². The van der Waals surface area contributed by atoms with E-state index in [2.05, 4.69) is 20.5 Å². The lowest BCUT2D eigenvalue weighted by Gasteiger charge is -2.12. The van der Waals surface area contributed by atoms with Crippen LogP contribution in [0.1, 0.15) is 5.56 Å². The zero-order valence-corrected chi connectivity index (χ0v) is 14.6. The number of nitrogens with one attached hydrogen (secondary N) is 2. The van der Waals surface area contributed by atoms with E-state index in [9.17, 15) is 4.79 Å². The van der Waals surface area contributed by atoms with E-state index in [4.69, 9.17) is 14.2 Å². The van der Waals surface area contributed by atoms with Crippen molar-refractivity contribution < 1.29 is 14.2 Å². The molecule has 0 aliphatic heterocycles. The van der Waals surface area contributed by atoms with Crippen LogP contribution in [-0.2, 0) is 0 Å². The molecule has 0 radical (unpaired) electrons. The summed E-state index contributed by atoms with van der Waals surface area (Å²) in [5.41, 5.74) is 3.79. The number of methoxy groups -OCH3 is 3. The second kappa shape index (κ2) is 7.56. The predicted molar refractivity (Wildman–Crippen MR) is 99.7 cm³/mol. The lowest BCUT2D eigenvalue weighted by Crippen LogP contribution is -2.11. The third kappa shape index (κ3) is 3.44. The Morgan fingerprint density at radius 2 is 1.77 bits per heavy atom. The molecule has 0 atom stereocenters. The normalized spacial score (nSPS) is 10.9. The Balaban J connectivity index is 1.86. The van der Waals surface area contributed by atoms with Crippen molar-refractivity contribution in [2.24, 2.45) is 5.10 Å². The summed E-state index contributed by atoms with van der Waals surface area (Å²) in [6, 6.07) is 10.6. The lowest BCUT2D eigenvalue weighted by atomic mass is 10.2. The van der Waals surface area contributed by atoms with Gasteiger partial charge in [-0.2, -0.15) is 5.10 Å². The number of benzene rings is 2. The minimum Gasteiger partial charge on any atom is -0.493 e. The number of hydrogen-bond donors (Lipinski definition) is 2. The minimum atomic E-state index is -0.235. The van der Waals surface area contributed by atoms with Crippen LogP contribution in [0.4, 0.5) is 5.95 Å². The number of ether oxygens (including phenoxy) is 3. The summed E-state index contributed by atoms with van der Waals surface area (Å²) in [4.78, 5) is 19.0. The largest absolute Gasteiger partial charge is 0.493 e. The minimum absolute atomic E-state index is 0.235. The van der Waals surface area contributed by atoms with Crippen molar-refractivity contribution >= 4 is 23.1 Å². The van der Waals surface area contributed by atoms with Gasteiger partial charge in [0, 0.05) is 5.56 Å². The number of anilines is 1. The van der Waals surface area contributed by atoms with Crippen LogP contribution in [-0.4, -0.2) is 37.5 Å². The molecule has 8 heteroatoms. The van der Waals surface area contributed by atoms with E-state index in [0.29, 0.717) is 28.2 Å². The van der Waals surface area contributed by atoms with Crippen molar-refractivity contribution in [3.05, 3.63) is 52.3 Å². The summed E-state index contributed by atoms with van der Waals surface area (Å²) < 4.78 is 15.9. The summed E-state index contributed by atoms with van der Waals surface area (Å²) >= 11 is 0. The molecule has 0 aliphatic carbocycles. The van der Waals surface area contributed by atoms with Crippen LogP contribution in [0.15, 0.2) is 46.3 Å². The summed E-state index contributed by atoms with van der Waals surface area (Å²) in [5.74, 6) is 1.79. The molecule has 2 N–H and O–H groups in total. The number of para-hydroxylation sites is 1. The number of aromatic nitrogens is 2. The van der Waals surface area contributed by atoms with Crippen LogP contribution in [0.2, 0.25) is 0 Å². The molecule has 0 bridgehead atoms. The van der Waals surface area contributed by atoms with Crippen LogP contribution in [0.25, 0.3) is 10.9 Å². The fourth-order valence-corrected chi connectivity index (χ4v) is 2.48. The molecule has 0 spiro atoms. The molecule has 1 heterocycles. The standard InChI is InChI=1S/C18H18N4O4/c1-24-14-8-11(9-15(25-2)16(14)26-3)10-19-22-18-20-13-7-5-4-6-12(13)17(23)21-18/h4-10H,1-3H3,(H2,20,21,22,23)/b19-10+. The first-order valence-electron chi connectivity index (χ1n) is 7.74. The van der Waals surface area contributed by atoms with Crippen LogP contribution in [0, 0.1) is 0 Å². The topological polar surface area (TPSA) is 97.8 Å². The van der Waals surface area contributed by atoms with Gasteiger partial charge in [0.25, 0.3) is 5.56 Å². The average Bonchev–Trinajstić information content (AvgIpc) is 2.67. The summed E-state index contributed by atoms with van der Waals surface area (Å²) in [5, 5.41) is 4.63. The first-order chi connectivity index (χ1) is 12.7. The molecule has 0 unspecified atom stereocenters. The molecule has 0 fully saturated rings. The predicted octanol–water partition coefficient (Wildman–Crippen LogP) is 2.39. The van der Waals surface area contributed by atoms with Crippen molar-refractivity contribution in [2.45, 2.75) is 0 Å². The van der Waals surface area contributed by atoms with Crippen molar-refractivity contribution in [1.29, 1.82) is 0 Å². The number of aromatic amines is 1. The Kier molecular flexibility index (Phi) is 5.02. The molecule has 1 aromatic heterocycles. The van der Waals surface area contributed by atoms with Crippen LogP contribution < -0.4 is 25.2 Å². The van der Waals surface area contributed by atoms with Gasteiger partial charge in [0.05, 0.1) is 38.4 Å². The molecule has 0 amide bonds. The fourth-order valence-electron chi connectivity index (χ4n) is 2.48. The van der Waals surface area contributed by atoms with Crippen molar-refractivity contribution in [3.63, 3.8) is 0 Å². The molecule has 26 heavy (non-hydrogen) atoms. The molecular weight excluding hydrogens is 336 g/mol. The number of hydrogen-bond acceptors (Lipinski definition) is 7.